The first-order chi connectivity index (χ1) is 20.5. The van der Waals surface area contributed by atoms with E-state index >= 15 is 0 Å². The summed E-state index contributed by atoms with van der Waals surface area (Å²) in [6, 6.07) is 17.3. The summed E-state index contributed by atoms with van der Waals surface area (Å²) in [5.74, 6) is 0.785. The van der Waals surface area contributed by atoms with E-state index in [1.54, 1.807) is 7.11 Å². The molecule has 0 fully saturated rings. The Hall–Kier alpha value is -3.06. The van der Waals surface area contributed by atoms with Crippen LogP contribution in [0.2, 0.25) is 0 Å². The van der Waals surface area contributed by atoms with Gasteiger partial charge in [0.05, 0.1) is 26.4 Å². The zero-order chi connectivity index (χ0) is 33.7. The van der Waals surface area contributed by atoms with Crippen molar-refractivity contribution in [3.05, 3.63) is 118 Å². The van der Waals surface area contributed by atoms with Crippen molar-refractivity contribution in [3.8, 4) is 5.75 Å². The average molecular weight is 698 g/mol. The number of ether oxygens (including phenoxy) is 4. The number of carbonyl (C=O) groups excluding carboxylic acids is 1. The van der Waals surface area contributed by atoms with Gasteiger partial charge in [-0.2, -0.15) is 0 Å². The zero-order valence-corrected chi connectivity index (χ0v) is 25.6. The van der Waals surface area contributed by atoms with Crippen LogP contribution in [0.15, 0.2) is 54.6 Å². The molecule has 4 radical (unpaired) electrons. The van der Waals surface area contributed by atoms with E-state index in [-0.39, 0.29) is 40.4 Å². The van der Waals surface area contributed by atoms with Gasteiger partial charge in [0, 0.05) is 58.7 Å². The number of carbonyl (C=O) groups is 1. The predicted molar refractivity (Wildman–Crippen MR) is 135 cm³/mol. The smallest absolute Gasteiger partial charge is 0 e. The van der Waals surface area contributed by atoms with Crippen LogP contribution in [-0.4, -0.2) is 43.6 Å². The molecular formula is C30H28Co2O12. The molecular weight excluding hydrogens is 670 g/mol. The fraction of sp³-hybridized carbons (Fsp3) is 0.300. The molecule has 0 saturated carbocycles. The van der Waals surface area contributed by atoms with Crippen LogP contribution in [-0.2, 0) is 93.7 Å². The number of hydrogen-bond acceptors (Lipinski definition) is 6. The van der Waals surface area contributed by atoms with Gasteiger partial charge in [-0.3, -0.25) is 4.79 Å². The molecule has 2 rings (SSSR count). The minimum atomic E-state index is -1.51. The molecule has 0 aliphatic carbocycles. The van der Waals surface area contributed by atoms with Crippen LogP contribution in [0.5, 0.6) is 5.75 Å². The third-order valence-corrected chi connectivity index (χ3v) is 4.43. The van der Waals surface area contributed by atoms with Crippen LogP contribution in [0.3, 0.4) is 0 Å². The Morgan fingerprint density at radius 2 is 1.25 bits per heavy atom. The zero-order valence-electron chi connectivity index (χ0n) is 23.5. The minimum absolute atomic E-state index is 0. The van der Waals surface area contributed by atoms with Gasteiger partial charge in [0.1, 0.15) is 18.1 Å². The molecule has 2 atom stereocenters. The average Bonchev–Trinajstić information content (AvgIpc) is 3.09. The number of hydrogen-bond donors (Lipinski definition) is 1. The van der Waals surface area contributed by atoms with Gasteiger partial charge in [-0.15, -0.1) is 0 Å². The summed E-state index contributed by atoms with van der Waals surface area (Å²) < 4.78 is 67.1. The molecule has 0 spiro atoms. The topological polar surface area (TPSA) is 194 Å². The SMILES string of the molecule is COc1ccc(COCC[C@@H](OCOCc2ccccc2)[C@](C)(O)[C]=[C]C=O)cc1.[C-]#[O+].[C-]#[O+].[C-]#[O+].[C-]#[O+].[C-]#[O+].[C-]#[O+].[Co].[Co]. The molecule has 44 heavy (non-hydrogen) atoms. The summed E-state index contributed by atoms with van der Waals surface area (Å²) in [4.78, 5) is 10.6. The Labute approximate surface area is 278 Å². The van der Waals surface area contributed by atoms with E-state index in [0.29, 0.717) is 32.5 Å². The maximum absolute atomic E-state index is 10.6. The molecule has 1 N–H and O–H groups in total. The summed E-state index contributed by atoms with van der Waals surface area (Å²) in [5.41, 5.74) is 0.514. The monoisotopic (exact) mass is 698 g/mol. The van der Waals surface area contributed by atoms with Crippen molar-refractivity contribution in [2.45, 2.75) is 38.3 Å². The number of benzene rings is 2. The molecule has 0 aromatic heterocycles. The van der Waals surface area contributed by atoms with Crippen molar-refractivity contribution in [3.63, 3.8) is 0 Å². The molecule has 12 nitrogen and oxygen atoms in total. The third-order valence-electron chi connectivity index (χ3n) is 4.43. The second-order valence-electron chi connectivity index (χ2n) is 6.83. The van der Waals surface area contributed by atoms with Crippen molar-refractivity contribution < 1.29 is 90.3 Å². The molecule has 2 aromatic carbocycles. The van der Waals surface area contributed by atoms with Crippen molar-refractivity contribution in [2.24, 2.45) is 0 Å². The van der Waals surface area contributed by atoms with E-state index < -0.39 is 11.7 Å². The van der Waals surface area contributed by atoms with Crippen LogP contribution in [0.25, 0.3) is 0 Å². The first kappa shape index (κ1) is 56.7. The summed E-state index contributed by atoms with van der Waals surface area (Å²) in [6.45, 7) is 29.6. The second kappa shape index (κ2) is 46.9. The minimum Gasteiger partial charge on any atom is 0 e. The Bertz CT molecular complexity index is 983. The van der Waals surface area contributed by atoms with Crippen LogP contribution in [0.4, 0.5) is 0 Å². The number of aldehydes is 1. The number of aliphatic hydroxyl groups is 1. The number of rotatable bonds is 14. The normalized spacial score (nSPS) is 10.1. The number of methoxy groups -OCH3 is 1. The van der Waals surface area contributed by atoms with Crippen LogP contribution < -0.4 is 4.74 Å². The summed E-state index contributed by atoms with van der Waals surface area (Å²) in [7, 11) is 1.62. The Balaban J connectivity index is -0.000000174. The van der Waals surface area contributed by atoms with Crippen molar-refractivity contribution in [2.75, 3.05) is 20.5 Å². The Kier molecular flexibility index (Phi) is 60.4. The molecule has 238 valence electrons. The fourth-order valence-electron chi connectivity index (χ4n) is 2.75. The molecule has 0 amide bonds. The van der Waals surface area contributed by atoms with Crippen molar-refractivity contribution in [1.29, 1.82) is 0 Å². The molecule has 0 unspecified atom stereocenters. The Morgan fingerprint density at radius 1 is 0.795 bits per heavy atom. The van der Waals surface area contributed by atoms with Gasteiger partial charge in [0.15, 0.2) is 6.29 Å². The quantitative estimate of drug-likeness (QED) is 0.0787. The molecule has 0 aliphatic rings. The standard InChI is InChI=1S/C24H28O6.6CO.2Co/c1-24(26,14-6-15-25)23(30-19-29-18-20-7-4-3-5-8-20)13-16-28-17-21-9-11-22(27-2)12-10-21;6*1-2;;/h3-5,7-12,15,23,26H,13,16-19H2,1-2H3;;;;;;;;/t23-,24-;;;;;;;;/m1......../s1. The van der Waals surface area contributed by atoms with Crippen LogP contribution in [0.1, 0.15) is 24.5 Å². The van der Waals surface area contributed by atoms with E-state index in [1.807, 2.05) is 54.6 Å². The van der Waals surface area contributed by atoms with E-state index in [0.717, 1.165) is 16.9 Å². The van der Waals surface area contributed by atoms with E-state index in [2.05, 4.69) is 52.1 Å². The van der Waals surface area contributed by atoms with Crippen molar-refractivity contribution in [1.82, 2.24) is 0 Å². The summed E-state index contributed by atoms with van der Waals surface area (Å²) in [6.07, 6.45) is 4.92. The van der Waals surface area contributed by atoms with Gasteiger partial charge in [0.25, 0.3) is 0 Å². The molecule has 14 heteroatoms. The Morgan fingerprint density at radius 3 is 1.70 bits per heavy atom. The maximum Gasteiger partial charge on any atom is 0 e. The van der Waals surface area contributed by atoms with Gasteiger partial charge in [-0.1, -0.05) is 42.5 Å². The summed E-state index contributed by atoms with van der Waals surface area (Å²) >= 11 is 0. The first-order valence-corrected chi connectivity index (χ1v) is 10.9. The van der Waals surface area contributed by atoms with E-state index in [4.69, 9.17) is 46.9 Å². The number of allylic oxidation sites excluding steroid dienone is 1. The van der Waals surface area contributed by atoms with Gasteiger partial charge < -0.3 is 24.1 Å². The maximum atomic E-state index is 10.6. The predicted octanol–water partition coefficient (Wildman–Crippen LogP) is 3.04. The molecule has 0 aliphatic heterocycles. The van der Waals surface area contributed by atoms with Crippen LogP contribution in [0, 0.1) is 52.1 Å². The molecule has 0 heterocycles. The molecule has 0 saturated heterocycles. The van der Waals surface area contributed by atoms with Gasteiger partial charge in [0.2, 0.25) is 0 Å². The molecule has 0 bridgehead atoms. The van der Waals surface area contributed by atoms with Crippen molar-refractivity contribution >= 4 is 6.29 Å². The van der Waals surface area contributed by atoms with Gasteiger partial charge in [-0.25, -0.2) is 0 Å². The second-order valence-corrected chi connectivity index (χ2v) is 6.83. The van der Waals surface area contributed by atoms with E-state index in [9.17, 15) is 9.90 Å². The third kappa shape index (κ3) is 31.9. The summed E-state index contributed by atoms with van der Waals surface area (Å²) in [5, 5.41) is 10.6. The largest absolute Gasteiger partial charge is 0 e. The van der Waals surface area contributed by atoms with Crippen LogP contribution >= 0.6 is 0 Å². The van der Waals surface area contributed by atoms with Gasteiger partial charge >= 0.3 is 67.8 Å². The first-order valence-electron chi connectivity index (χ1n) is 10.9. The molecule has 2 aromatic rings. The fourth-order valence-corrected chi connectivity index (χ4v) is 2.75. The van der Waals surface area contributed by atoms with E-state index in [1.165, 1.54) is 6.92 Å². The van der Waals surface area contributed by atoms with Gasteiger partial charge in [-0.05, 0) is 30.2 Å².